The van der Waals surface area contributed by atoms with Crippen molar-refractivity contribution < 1.29 is 33.3 Å². The average molecular weight is 737 g/mol. The Bertz CT molecular complexity index is 2230. The topological polar surface area (TPSA) is 180 Å². The highest BCUT2D eigenvalue weighted by atomic mass is 16.7. The van der Waals surface area contributed by atoms with Gasteiger partial charge < -0.3 is 29.2 Å². The SMILES string of the molecule is CC(=O)OC[C@H]1O[C@@H](n2c(C#CCCCCCCCCCn3c4ccccc4c(=O)c4ccccc43)nc3c(N)ncnc32)[C@H](OC(C)=O)[C@@H]1OC(C)=O. The first-order valence-corrected chi connectivity index (χ1v) is 18.2. The maximum absolute atomic E-state index is 13.0. The Kier molecular flexibility index (Phi) is 12.2. The number of imidazole rings is 1. The van der Waals surface area contributed by atoms with Crippen molar-refractivity contribution in [3.05, 3.63) is 70.9 Å². The van der Waals surface area contributed by atoms with Crippen LogP contribution in [0.5, 0.6) is 0 Å². The van der Waals surface area contributed by atoms with E-state index in [9.17, 15) is 19.2 Å². The summed E-state index contributed by atoms with van der Waals surface area (Å²) in [6, 6.07) is 15.7. The van der Waals surface area contributed by atoms with Gasteiger partial charge in [-0.05, 0) is 43.0 Å². The van der Waals surface area contributed by atoms with Crippen molar-refractivity contribution in [2.75, 3.05) is 12.3 Å². The number of benzene rings is 2. The molecule has 54 heavy (non-hydrogen) atoms. The van der Waals surface area contributed by atoms with Crippen molar-refractivity contribution in [2.24, 2.45) is 0 Å². The van der Waals surface area contributed by atoms with E-state index in [0.717, 1.165) is 73.3 Å². The van der Waals surface area contributed by atoms with Gasteiger partial charge in [-0.15, -0.1) is 0 Å². The predicted molar refractivity (Wildman–Crippen MR) is 201 cm³/mol. The van der Waals surface area contributed by atoms with Gasteiger partial charge in [0, 0.05) is 44.5 Å². The Labute approximate surface area is 312 Å². The van der Waals surface area contributed by atoms with Crippen LogP contribution in [-0.2, 0) is 39.9 Å². The summed E-state index contributed by atoms with van der Waals surface area (Å²) in [6.07, 6.45) is 4.91. The lowest BCUT2D eigenvalue weighted by Gasteiger charge is -2.24. The summed E-state index contributed by atoms with van der Waals surface area (Å²) in [4.78, 5) is 62.0. The molecule has 14 nitrogen and oxygen atoms in total. The lowest BCUT2D eigenvalue weighted by Crippen LogP contribution is -2.40. The predicted octanol–water partition coefficient (Wildman–Crippen LogP) is 5.37. The minimum atomic E-state index is -1.14. The quantitative estimate of drug-likeness (QED) is 0.0507. The molecule has 0 radical (unpaired) electrons. The number of fused-ring (bicyclic) bond motifs is 3. The molecular formula is C40H44N6O8. The maximum Gasteiger partial charge on any atom is 0.303 e. The molecule has 4 heterocycles. The van der Waals surface area contributed by atoms with Crippen molar-refractivity contribution >= 4 is 56.7 Å². The summed E-state index contributed by atoms with van der Waals surface area (Å²) < 4.78 is 26.4. The largest absolute Gasteiger partial charge is 0.463 e. The monoisotopic (exact) mass is 736 g/mol. The molecule has 1 aliphatic heterocycles. The van der Waals surface area contributed by atoms with Crippen molar-refractivity contribution in [3.63, 3.8) is 0 Å². The zero-order chi connectivity index (χ0) is 38.2. The van der Waals surface area contributed by atoms with Gasteiger partial charge in [-0.1, -0.05) is 62.3 Å². The normalized spacial score (nSPS) is 18.1. The minimum absolute atomic E-state index is 0.0797. The number of nitrogen functional groups attached to an aromatic ring is 1. The van der Waals surface area contributed by atoms with Gasteiger partial charge in [0.2, 0.25) is 0 Å². The summed E-state index contributed by atoms with van der Waals surface area (Å²) in [7, 11) is 0. The fraction of sp³-hybridized carbons (Fsp3) is 0.425. The second-order valence-corrected chi connectivity index (χ2v) is 13.3. The number of carbonyl (C=O) groups is 3. The van der Waals surface area contributed by atoms with Gasteiger partial charge in [-0.25, -0.2) is 15.0 Å². The number of nitrogens with zero attached hydrogens (tertiary/aromatic N) is 5. The van der Waals surface area contributed by atoms with Gasteiger partial charge in [-0.3, -0.25) is 23.7 Å². The molecule has 2 aromatic carbocycles. The fourth-order valence-electron chi connectivity index (χ4n) is 6.98. The number of hydrogen-bond acceptors (Lipinski definition) is 12. The number of ether oxygens (including phenoxy) is 4. The number of aromatic nitrogens is 5. The number of unbranched alkanes of at least 4 members (excludes halogenated alkanes) is 7. The van der Waals surface area contributed by atoms with Crippen LogP contribution in [0.15, 0.2) is 59.7 Å². The Morgan fingerprint density at radius 1 is 0.815 bits per heavy atom. The third-order valence-corrected chi connectivity index (χ3v) is 9.36. The van der Waals surface area contributed by atoms with E-state index in [1.54, 1.807) is 4.57 Å². The highest BCUT2D eigenvalue weighted by Crippen LogP contribution is 2.37. The molecule has 0 aliphatic carbocycles. The van der Waals surface area contributed by atoms with Gasteiger partial charge in [0.05, 0.1) is 11.0 Å². The summed E-state index contributed by atoms with van der Waals surface area (Å²) >= 11 is 0. The summed E-state index contributed by atoms with van der Waals surface area (Å²) in [5.41, 5.74) is 8.74. The maximum atomic E-state index is 13.0. The van der Waals surface area contributed by atoms with E-state index < -0.39 is 42.4 Å². The Balaban J connectivity index is 1.06. The third-order valence-electron chi connectivity index (χ3n) is 9.36. The highest BCUT2D eigenvalue weighted by Gasteiger charge is 2.51. The van der Waals surface area contributed by atoms with Crippen molar-refractivity contribution in [1.82, 2.24) is 24.1 Å². The number of anilines is 1. The summed E-state index contributed by atoms with van der Waals surface area (Å²) in [5, 5.41) is 1.51. The molecule has 0 spiro atoms. The number of para-hydroxylation sites is 2. The van der Waals surface area contributed by atoms with Crippen LogP contribution in [-0.4, -0.2) is 66.9 Å². The van der Waals surface area contributed by atoms with Crippen LogP contribution in [0, 0.1) is 11.8 Å². The van der Waals surface area contributed by atoms with Crippen LogP contribution in [0.4, 0.5) is 5.82 Å². The molecule has 6 rings (SSSR count). The van der Waals surface area contributed by atoms with Crippen LogP contribution >= 0.6 is 0 Å². The molecule has 0 amide bonds. The van der Waals surface area contributed by atoms with E-state index in [2.05, 4.69) is 31.4 Å². The van der Waals surface area contributed by atoms with E-state index in [-0.39, 0.29) is 34.8 Å². The molecular weight excluding hydrogens is 692 g/mol. The van der Waals surface area contributed by atoms with E-state index >= 15 is 0 Å². The minimum Gasteiger partial charge on any atom is -0.463 e. The second kappa shape index (κ2) is 17.3. The molecule has 14 heteroatoms. The van der Waals surface area contributed by atoms with Crippen LogP contribution in [0.3, 0.4) is 0 Å². The number of aryl methyl sites for hydroxylation is 1. The molecule has 5 aromatic rings. The number of carbonyl (C=O) groups excluding carboxylic acids is 3. The first-order valence-electron chi connectivity index (χ1n) is 18.2. The first kappa shape index (κ1) is 37.9. The Morgan fingerprint density at radius 2 is 1.43 bits per heavy atom. The van der Waals surface area contributed by atoms with Crippen LogP contribution in [0.25, 0.3) is 33.0 Å². The number of hydrogen-bond donors (Lipinski definition) is 1. The smallest absolute Gasteiger partial charge is 0.303 e. The second-order valence-electron chi connectivity index (χ2n) is 13.3. The van der Waals surface area contributed by atoms with Crippen molar-refractivity contribution in [1.29, 1.82) is 0 Å². The van der Waals surface area contributed by atoms with Gasteiger partial charge >= 0.3 is 17.9 Å². The Morgan fingerprint density at radius 3 is 2.07 bits per heavy atom. The van der Waals surface area contributed by atoms with Gasteiger partial charge in [-0.2, -0.15) is 0 Å². The lowest BCUT2D eigenvalue weighted by molar-refractivity contribution is -0.166. The fourth-order valence-corrected chi connectivity index (χ4v) is 6.98. The molecule has 2 N–H and O–H groups in total. The van der Waals surface area contributed by atoms with Crippen molar-refractivity contribution in [3.8, 4) is 11.8 Å². The van der Waals surface area contributed by atoms with E-state index in [1.807, 2.05) is 48.5 Å². The Hall–Kier alpha value is -5.81. The van der Waals surface area contributed by atoms with E-state index in [0.29, 0.717) is 6.42 Å². The highest BCUT2D eigenvalue weighted by molar-refractivity contribution is 5.93. The van der Waals surface area contributed by atoms with Crippen molar-refractivity contribution in [2.45, 2.75) is 103 Å². The molecule has 1 saturated heterocycles. The zero-order valence-corrected chi connectivity index (χ0v) is 30.7. The zero-order valence-electron chi connectivity index (χ0n) is 30.7. The molecule has 4 atom stereocenters. The number of pyridine rings is 1. The average Bonchev–Trinajstić information content (AvgIpc) is 3.67. The number of rotatable bonds is 14. The number of esters is 3. The van der Waals surface area contributed by atoms with Gasteiger partial charge in [0.15, 0.2) is 46.7 Å². The molecule has 282 valence electrons. The molecule has 0 saturated carbocycles. The number of nitrogens with two attached hydrogens (primary N) is 1. The lowest BCUT2D eigenvalue weighted by atomic mass is 10.1. The van der Waals surface area contributed by atoms with Gasteiger partial charge in [0.1, 0.15) is 19.0 Å². The third kappa shape index (κ3) is 8.52. The molecule has 0 bridgehead atoms. The molecule has 3 aromatic heterocycles. The summed E-state index contributed by atoms with van der Waals surface area (Å²) in [6.45, 7) is 4.29. The van der Waals surface area contributed by atoms with Crippen LogP contribution in [0.1, 0.15) is 84.2 Å². The van der Waals surface area contributed by atoms with E-state index in [1.165, 1.54) is 27.1 Å². The molecule has 1 aliphatic rings. The molecule has 0 unspecified atom stereocenters. The summed E-state index contributed by atoms with van der Waals surface area (Å²) in [5.74, 6) is 4.84. The first-order chi connectivity index (χ1) is 26.1. The van der Waals surface area contributed by atoms with Gasteiger partial charge in [0.25, 0.3) is 0 Å². The van der Waals surface area contributed by atoms with E-state index in [4.69, 9.17) is 24.7 Å². The molecule has 1 fully saturated rings. The standard InChI is InChI=1S/C40H44N6O8/c1-25(47)51-23-32-36(52-26(2)48)37(53-27(3)49)40(54-32)46-33(44-34-38(41)42-24-43-39(34)46)21-11-9-7-5-4-6-8-10-16-22-45-30-19-14-12-17-28(30)35(50)29-18-13-15-20-31(29)45/h12-15,17-20,24,32,36-37,40H,4-10,16,22-23H2,1-3H3,(H2,41,42,43)/t32-,36-,37-,40-/m1/s1. The van der Waals surface area contributed by atoms with Crippen LogP contribution in [0.2, 0.25) is 0 Å². The van der Waals surface area contributed by atoms with Crippen LogP contribution < -0.4 is 11.2 Å².